The van der Waals surface area contributed by atoms with E-state index in [0.717, 1.165) is 23.5 Å². The number of hydrogen-bond acceptors (Lipinski definition) is 6. The van der Waals surface area contributed by atoms with Crippen LogP contribution >= 0.6 is 11.3 Å². The number of anilines is 1. The minimum atomic E-state index is -1.08. The summed E-state index contributed by atoms with van der Waals surface area (Å²) >= 11 is 1.32. The Bertz CT molecular complexity index is 925. The molecule has 0 saturated carbocycles. The summed E-state index contributed by atoms with van der Waals surface area (Å²) in [6.45, 7) is 4.68. The molecule has 0 unspecified atom stereocenters. The highest BCUT2D eigenvalue weighted by molar-refractivity contribution is 7.14. The Hall–Kier alpha value is -3.01. The lowest BCUT2D eigenvalue weighted by molar-refractivity contribution is -0.116. The predicted octanol–water partition coefficient (Wildman–Crippen LogP) is 1.87. The molecule has 0 aliphatic rings. The number of amides is 1. The minimum Gasteiger partial charge on any atom is -0.478 e. The fourth-order valence-electron chi connectivity index (χ4n) is 2.34. The van der Waals surface area contributed by atoms with Crippen molar-refractivity contribution in [3.05, 3.63) is 35.2 Å². The van der Waals surface area contributed by atoms with Crippen LogP contribution in [0, 0.1) is 6.92 Å². The number of carboxylic acid groups (broad SMARTS) is 1. The van der Waals surface area contributed by atoms with Gasteiger partial charge in [-0.1, -0.05) is 0 Å². The monoisotopic (exact) mass is 360 g/mol. The van der Waals surface area contributed by atoms with Crippen molar-refractivity contribution >= 4 is 28.3 Å². The summed E-state index contributed by atoms with van der Waals surface area (Å²) in [7, 11) is 0. The number of hydrogen-bond donors (Lipinski definition) is 2. The van der Waals surface area contributed by atoms with E-state index < -0.39 is 5.97 Å². The highest BCUT2D eigenvalue weighted by Crippen LogP contribution is 2.27. The molecule has 0 radical (unpaired) electrons. The summed E-state index contributed by atoms with van der Waals surface area (Å²) in [5.41, 5.74) is 2.73. The second kappa shape index (κ2) is 6.85. The molecule has 9 nitrogen and oxygen atoms in total. The normalized spacial score (nSPS) is 10.8. The Balaban J connectivity index is 1.67. The molecule has 10 heteroatoms. The van der Waals surface area contributed by atoms with Crippen LogP contribution in [0.25, 0.3) is 11.3 Å². The fourth-order valence-corrected chi connectivity index (χ4v) is 3.06. The van der Waals surface area contributed by atoms with Gasteiger partial charge in [-0.3, -0.25) is 14.2 Å². The molecule has 3 aromatic heterocycles. The van der Waals surface area contributed by atoms with E-state index in [1.165, 1.54) is 28.4 Å². The lowest BCUT2D eigenvalue weighted by Crippen LogP contribution is -2.18. The number of carboxylic acids is 1. The molecule has 0 saturated heterocycles. The third-order valence-corrected chi connectivity index (χ3v) is 4.37. The molecule has 0 spiro atoms. The number of aromatic carboxylic acids is 1. The standard InChI is InChI=1S/C15H16N6O3S/c1-3-21-9(2)11(5-17-21)12-8-25-15(18-12)19-13(22)7-20-6-10(4-16-20)14(23)24/h4-6,8H,3,7H2,1-2H3,(H,23,24)(H,18,19,22). The Kier molecular flexibility index (Phi) is 4.61. The lowest BCUT2D eigenvalue weighted by Gasteiger charge is -2.02. The van der Waals surface area contributed by atoms with E-state index in [0.29, 0.717) is 5.13 Å². The van der Waals surface area contributed by atoms with Crippen molar-refractivity contribution < 1.29 is 14.7 Å². The smallest absolute Gasteiger partial charge is 0.338 e. The van der Waals surface area contributed by atoms with E-state index in [1.807, 2.05) is 23.9 Å². The Morgan fingerprint density at radius 2 is 2.12 bits per heavy atom. The number of carbonyl (C=O) groups is 2. The van der Waals surface area contributed by atoms with Crippen molar-refractivity contribution in [1.82, 2.24) is 24.5 Å². The van der Waals surface area contributed by atoms with Crippen molar-refractivity contribution in [3.63, 3.8) is 0 Å². The van der Waals surface area contributed by atoms with Gasteiger partial charge in [0.25, 0.3) is 0 Å². The molecule has 3 heterocycles. The van der Waals surface area contributed by atoms with E-state index in [4.69, 9.17) is 5.11 Å². The van der Waals surface area contributed by atoms with Gasteiger partial charge in [0.1, 0.15) is 6.54 Å². The Labute approximate surface area is 146 Å². The SMILES string of the molecule is CCn1ncc(-c2csc(NC(=O)Cn3cc(C(=O)O)cn3)n2)c1C. The molecule has 0 fully saturated rings. The van der Waals surface area contributed by atoms with Crippen LogP contribution in [0.2, 0.25) is 0 Å². The topological polar surface area (TPSA) is 115 Å². The van der Waals surface area contributed by atoms with Gasteiger partial charge in [-0.05, 0) is 13.8 Å². The number of thiazole rings is 1. The fraction of sp³-hybridized carbons (Fsp3) is 0.267. The van der Waals surface area contributed by atoms with Gasteiger partial charge < -0.3 is 10.4 Å². The van der Waals surface area contributed by atoms with E-state index in [9.17, 15) is 9.59 Å². The van der Waals surface area contributed by atoms with Crippen molar-refractivity contribution in [1.29, 1.82) is 0 Å². The highest BCUT2D eigenvalue weighted by Gasteiger charge is 2.14. The van der Waals surface area contributed by atoms with Crippen molar-refractivity contribution in [2.45, 2.75) is 26.9 Å². The molecular formula is C15H16N6O3S. The van der Waals surface area contributed by atoms with Crippen LogP contribution in [0.1, 0.15) is 23.0 Å². The lowest BCUT2D eigenvalue weighted by atomic mass is 10.2. The van der Waals surface area contributed by atoms with E-state index >= 15 is 0 Å². The summed E-state index contributed by atoms with van der Waals surface area (Å²) in [6, 6.07) is 0. The quantitative estimate of drug-likeness (QED) is 0.693. The van der Waals surface area contributed by atoms with Gasteiger partial charge in [0.2, 0.25) is 5.91 Å². The van der Waals surface area contributed by atoms with Crippen LogP contribution in [0.15, 0.2) is 24.0 Å². The van der Waals surface area contributed by atoms with Crippen LogP contribution in [-0.2, 0) is 17.9 Å². The molecule has 130 valence electrons. The van der Waals surface area contributed by atoms with E-state index in [2.05, 4.69) is 20.5 Å². The van der Waals surface area contributed by atoms with Crippen molar-refractivity contribution in [2.75, 3.05) is 5.32 Å². The maximum atomic E-state index is 12.1. The zero-order valence-electron chi connectivity index (χ0n) is 13.6. The zero-order valence-corrected chi connectivity index (χ0v) is 14.4. The maximum Gasteiger partial charge on any atom is 0.338 e. The zero-order chi connectivity index (χ0) is 18.0. The summed E-state index contributed by atoms with van der Waals surface area (Å²) in [6.07, 6.45) is 4.26. The molecule has 3 aromatic rings. The second-order valence-corrected chi connectivity index (χ2v) is 6.14. The number of rotatable bonds is 6. The minimum absolute atomic E-state index is 0.0350. The van der Waals surface area contributed by atoms with Gasteiger partial charge in [-0.2, -0.15) is 10.2 Å². The third-order valence-electron chi connectivity index (χ3n) is 3.62. The van der Waals surface area contributed by atoms with Crippen LogP contribution < -0.4 is 5.32 Å². The van der Waals surface area contributed by atoms with Crippen LogP contribution in [-0.4, -0.2) is 41.5 Å². The Morgan fingerprint density at radius 1 is 1.32 bits per heavy atom. The third kappa shape index (κ3) is 3.58. The molecule has 25 heavy (non-hydrogen) atoms. The molecule has 0 aliphatic carbocycles. The van der Waals surface area contributed by atoms with Gasteiger partial charge in [-0.15, -0.1) is 11.3 Å². The van der Waals surface area contributed by atoms with E-state index in [-0.39, 0.29) is 18.0 Å². The second-order valence-electron chi connectivity index (χ2n) is 5.28. The number of nitrogens with zero attached hydrogens (tertiary/aromatic N) is 5. The van der Waals surface area contributed by atoms with E-state index in [1.54, 1.807) is 6.20 Å². The number of aromatic nitrogens is 5. The van der Waals surface area contributed by atoms with Crippen LogP contribution in [0.3, 0.4) is 0 Å². The molecular weight excluding hydrogens is 344 g/mol. The molecule has 0 atom stereocenters. The number of nitrogens with one attached hydrogen (secondary N) is 1. The predicted molar refractivity (Wildman–Crippen MR) is 91.6 cm³/mol. The van der Waals surface area contributed by atoms with Gasteiger partial charge in [0, 0.05) is 29.4 Å². The first-order valence-corrected chi connectivity index (χ1v) is 8.39. The van der Waals surface area contributed by atoms with Gasteiger partial charge in [0.15, 0.2) is 5.13 Å². The average molecular weight is 360 g/mol. The molecule has 0 bridgehead atoms. The summed E-state index contributed by atoms with van der Waals surface area (Å²) in [5, 5.41) is 22.0. The van der Waals surface area contributed by atoms with Crippen LogP contribution in [0.4, 0.5) is 5.13 Å². The maximum absolute atomic E-state index is 12.1. The average Bonchev–Trinajstić information content (AvgIpc) is 3.27. The summed E-state index contributed by atoms with van der Waals surface area (Å²) < 4.78 is 3.15. The first-order chi connectivity index (χ1) is 12.0. The first-order valence-electron chi connectivity index (χ1n) is 7.51. The molecule has 3 rings (SSSR count). The first kappa shape index (κ1) is 16.8. The van der Waals surface area contributed by atoms with Crippen molar-refractivity contribution in [2.24, 2.45) is 0 Å². The van der Waals surface area contributed by atoms with Crippen molar-refractivity contribution in [3.8, 4) is 11.3 Å². The van der Waals surface area contributed by atoms with Gasteiger partial charge >= 0.3 is 5.97 Å². The number of aryl methyl sites for hydroxylation is 1. The molecule has 0 aromatic carbocycles. The van der Waals surface area contributed by atoms with Gasteiger partial charge in [0.05, 0.1) is 23.7 Å². The number of carbonyl (C=O) groups excluding carboxylic acids is 1. The largest absolute Gasteiger partial charge is 0.478 e. The van der Waals surface area contributed by atoms with Crippen LogP contribution in [0.5, 0.6) is 0 Å². The molecule has 0 aliphatic heterocycles. The molecule has 2 N–H and O–H groups in total. The summed E-state index contributed by atoms with van der Waals surface area (Å²) in [4.78, 5) is 27.3. The summed E-state index contributed by atoms with van der Waals surface area (Å²) in [5.74, 6) is -1.42. The molecule has 1 amide bonds. The van der Waals surface area contributed by atoms with Gasteiger partial charge in [-0.25, -0.2) is 9.78 Å². The Morgan fingerprint density at radius 3 is 2.76 bits per heavy atom. The highest BCUT2D eigenvalue weighted by atomic mass is 32.1.